The van der Waals surface area contributed by atoms with Gasteiger partial charge in [-0.3, -0.25) is 9.63 Å². The van der Waals surface area contributed by atoms with Crippen LogP contribution in [0.25, 0.3) is 0 Å². The van der Waals surface area contributed by atoms with E-state index in [4.69, 9.17) is 4.84 Å². The molecule has 1 N–H and O–H groups in total. The number of hydrogen-bond acceptors (Lipinski definition) is 2. The average molecular weight is 172 g/mol. The molecule has 0 saturated heterocycles. The average Bonchev–Trinajstić information content (AvgIpc) is 2.11. The lowest BCUT2D eigenvalue weighted by Gasteiger charge is -2.12. The molecule has 0 aliphatic rings. The molecule has 3 heteroatoms. The summed E-state index contributed by atoms with van der Waals surface area (Å²) in [7, 11) is 0. The van der Waals surface area contributed by atoms with Crippen LogP contribution in [0.2, 0.25) is 0 Å². The van der Waals surface area contributed by atoms with Gasteiger partial charge in [-0.2, -0.15) is 0 Å². The third-order valence-electron chi connectivity index (χ3n) is 1.98. The lowest BCUT2D eigenvalue weighted by Crippen LogP contribution is -2.18. The van der Waals surface area contributed by atoms with Crippen LogP contribution in [0.4, 0.5) is 0 Å². The van der Waals surface area contributed by atoms with Crippen LogP contribution in [-0.2, 0) is 9.63 Å². The van der Waals surface area contributed by atoms with Crippen LogP contribution >= 0.6 is 0 Å². The van der Waals surface area contributed by atoms with Crippen LogP contribution in [0, 0.1) is 5.92 Å². The Morgan fingerprint density at radius 2 is 2.25 bits per heavy atom. The molecule has 0 aromatic rings. The molecule has 0 aliphatic heterocycles. The van der Waals surface area contributed by atoms with Gasteiger partial charge in [0.15, 0.2) is 0 Å². The van der Waals surface area contributed by atoms with Gasteiger partial charge in [0.2, 0.25) is 0 Å². The van der Waals surface area contributed by atoms with Crippen LogP contribution in [0.3, 0.4) is 0 Å². The van der Waals surface area contributed by atoms with Gasteiger partial charge in [0, 0.05) is 0 Å². The molecule has 1 radical (unpaired) electrons. The molecule has 71 valence electrons. The third-order valence-corrected chi connectivity index (χ3v) is 1.98. The predicted molar refractivity (Wildman–Crippen MR) is 48.1 cm³/mol. The molecule has 0 bridgehead atoms. The molecule has 1 amide bonds. The molecule has 0 heterocycles. The predicted octanol–water partition coefficient (Wildman–Crippen LogP) is 1.79. The van der Waals surface area contributed by atoms with Gasteiger partial charge < -0.3 is 0 Å². The Kier molecular flexibility index (Phi) is 8.12. The fraction of sp³-hybridized carbons (Fsp3) is 0.889. The maximum Gasteiger partial charge on any atom is 0.335 e. The van der Waals surface area contributed by atoms with Crippen molar-refractivity contribution in [3.8, 4) is 0 Å². The minimum Gasteiger partial charge on any atom is -0.273 e. The fourth-order valence-corrected chi connectivity index (χ4v) is 1.09. The molecule has 0 fully saturated rings. The highest BCUT2D eigenvalue weighted by Crippen LogP contribution is 2.11. The number of carbonyl (C=O) groups excluding carboxylic acids is 1. The van der Waals surface area contributed by atoms with Crippen LogP contribution in [0.15, 0.2) is 0 Å². The van der Waals surface area contributed by atoms with Crippen molar-refractivity contribution >= 4 is 6.41 Å². The van der Waals surface area contributed by atoms with Crippen molar-refractivity contribution in [2.24, 2.45) is 5.92 Å². The summed E-state index contributed by atoms with van der Waals surface area (Å²) in [5.74, 6) is 0.561. The third kappa shape index (κ3) is 6.16. The van der Waals surface area contributed by atoms with E-state index in [-0.39, 0.29) is 0 Å². The lowest BCUT2D eigenvalue weighted by molar-refractivity contribution is 0.0498. The molecule has 0 rings (SSSR count). The fourth-order valence-electron chi connectivity index (χ4n) is 1.09. The number of unbranched alkanes of at least 4 members (excludes halogenated alkanes) is 1. The van der Waals surface area contributed by atoms with Crippen molar-refractivity contribution in [2.45, 2.75) is 39.5 Å². The Hall–Kier alpha value is -0.570. The molecule has 1 unspecified atom stereocenters. The number of nitrogens with one attached hydrogen (secondary N) is 1. The highest BCUT2D eigenvalue weighted by atomic mass is 16.6. The molecule has 0 aromatic heterocycles. The molecular weight excluding hydrogens is 154 g/mol. The van der Waals surface area contributed by atoms with Gasteiger partial charge in [0.1, 0.15) is 0 Å². The molecule has 1 atom stereocenters. The van der Waals surface area contributed by atoms with E-state index in [1.165, 1.54) is 25.7 Å². The summed E-state index contributed by atoms with van der Waals surface area (Å²) in [6.45, 7) is 4.91. The van der Waals surface area contributed by atoms with Crippen molar-refractivity contribution in [1.82, 2.24) is 5.48 Å². The summed E-state index contributed by atoms with van der Waals surface area (Å²) in [4.78, 5) is 14.6. The SMILES string of the molecule is CCCCC(CC)CON[C]=O. The smallest absolute Gasteiger partial charge is 0.273 e. The standard InChI is InChI=1S/C9H18NO2/c1-3-5-6-9(4-2)7-12-10-8-11/h9H,3-7H2,1-2H3,(H,10,11). The van der Waals surface area contributed by atoms with Crippen molar-refractivity contribution < 1.29 is 9.63 Å². The molecule has 0 aliphatic carbocycles. The summed E-state index contributed by atoms with van der Waals surface area (Å²) in [5.41, 5.74) is 2.08. The quantitative estimate of drug-likeness (QED) is 0.344. The Balaban J connectivity index is 3.32. The first-order valence-electron chi connectivity index (χ1n) is 4.59. The second kappa shape index (κ2) is 8.53. The Morgan fingerprint density at radius 1 is 1.50 bits per heavy atom. The summed E-state index contributed by atoms with van der Waals surface area (Å²) in [6.07, 6.45) is 6.19. The number of hydrogen-bond donors (Lipinski definition) is 1. The zero-order valence-electron chi connectivity index (χ0n) is 7.93. The molecule has 0 saturated carbocycles. The van der Waals surface area contributed by atoms with E-state index in [1.54, 1.807) is 0 Å². The number of rotatable bonds is 8. The summed E-state index contributed by atoms with van der Waals surface area (Å²) in [5, 5.41) is 0. The molecular formula is C9H18NO2. The maximum absolute atomic E-state index is 9.73. The van der Waals surface area contributed by atoms with E-state index in [0.29, 0.717) is 12.5 Å². The normalized spacial score (nSPS) is 12.5. The van der Waals surface area contributed by atoms with Gasteiger partial charge >= 0.3 is 6.41 Å². The van der Waals surface area contributed by atoms with Gasteiger partial charge in [0.05, 0.1) is 6.61 Å². The van der Waals surface area contributed by atoms with E-state index in [2.05, 4.69) is 19.3 Å². The topological polar surface area (TPSA) is 38.3 Å². The van der Waals surface area contributed by atoms with Gasteiger partial charge in [-0.15, -0.1) is 0 Å². The van der Waals surface area contributed by atoms with Gasteiger partial charge in [-0.25, -0.2) is 5.48 Å². The van der Waals surface area contributed by atoms with E-state index in [0.717, 1.165) is 6.42 Å². The molecule has 12 heavy (non-hydrogen) atoms. The van der Waals surface area contributed by atoms with Crippen LogP contribution in [0.5, 0.6) is 0 Å². The first-order chi connectivity index (χ1) is 5.85. The van der Waals surface area contributed by atoms with Crippen LogP contribution in [-0.4, -0.2) is 13.0 Å². The van der Waals surface area contributed by atoms with Gasteiger partial charge in [-0.1, -0.05) is 33.1 Å². The van der Waals surface area contributed by atoms with Gasteiger partial charge in [-0.05, 0) is 12.3 Å². The van der Waals surface area contributed by atoms with Crippen molar-refractivity contribution in [1.29, 1.82) is 0 Å². The Labute approximate surface area is 74.4 Å². The van der Waals surface area contributed by atoms with Crippen molar-refractivity contribution in [2.75, 3.05) is 6.61 Å². The van der Waals surface area contributed by atoms with E-state index in [9.17, 15) is 4.79 Å². The second-order valence-corrected chi connectivity index (χ2v) is 2.93. The van der Waals surface area contributed by atoms with E-state index < -0.39 is 0 Å². The summed E-state index contributed by atoms with van der Waals surface area (Å²) >= 11 is 0. The van der Waals surface area contributed by atoms with E-state index in [1.807, 2.05) is 0 Å². The molecule has 0 aromatic carbocycles. The first kappa shape index (κ1) is 11.4. The minimum absolute atomic E-state index is 0.561. The minimum atomic E-state index is 0.561. The Bertz CT molecular complexity index is 107. The number of hydroxylamine groups is 1. The maximum atomic E-state index is 9.73. The highest BCUT2D eigenvalue weighted by Gasteiger charge is 2.05. The first-order valence-corrected chi connectivity index (χ1v) is 4.59. The zero-order valence-corrected chi connectivity index (χ0v) is 7.93. The molecule has 3 nitrogen and oxygen atoms in total. The zero-order chi connectivity index (χ0) is 9.23. The lowest BCUT2D eigenvalue weighted by atomic mass is 10.0. The van der Waals surface area contributed by atoms with Crippen molar-refractivity contribution in [3.05, 3.63) is 0 Å². The van der Waals surface area contributed by atoms with Gasteiger partial charge in [0.25, 0.3) is 0 Å². The second-order valence-electron chi connectivity index (χ2n) is 2.93. The van der Waals surface area contributed by atoms with Crippen molar-refractivity contribution in [3.63, 3.8) is 0 Å². The largest absolute Gasteiger partial charge is 0.335 e. The molecule has 0 spiro atoms. The van der Waals surface area contributed by atoms with Crippen LogP contribution in [0.1, 0.15) is 39.5 Å². The van der Waals surface area contributed by atoms with E-state index >= 15 is 0 Å². The monoisotopic (exact) mass is 172 g/mol. The number of amides is 1. The summed E-state index contributed by atoms with van der Waals surface area (Å²) in [6, 6.07) is 0. The highest BCUT2D eigenvalue weighted by molar-refractivity contribution is 5.44. The Morgan fingerprint density at radius 3 is 2.75 bits per heavy atom. The van der Waals surface area contributed by atoms with Crippen LogP contribution < -0.4 is 5.48 Å². The summed E-state index contributed by atoms with van der Waals surface area (Å²) < 4.78 is 0.